The van der Waals surface area contributed by atoms with Crippen LogP contribution in [0.1, 0.15) is 126 Å². The molecule has 2 amide bonds. The van der Waals surface area contributed by atoms with Gasteiger partial charge in [0, 0.05) is 47.1 Å². The second kappa shape index (κ2) is 15.8. The number of nitrogens with zero attached hydrogens (tertiary/aromatic N) is 2. The number of pyridine rings is 2. The van der Waals surface area contributed by atoms with Gasteiger partial charge in [0.15, 0.2) is 0 Å². The van der Waals surface area contributed by atoms with E-state index in [1.165, 1.54) is 23.3 Å². The smallest absolute Gasteiger partial charge is 0.223 e. The van der Waals surface area contributed by atoms with E-state index in [4.69, 9.17) is 0 Å². The molecule has 4 aliphatic rings. The van der Waals surface area contributed by atoms with Crippen LogP contribution in [0.25, 0.3) is 21.8 Å². The lowest BCUT2D eigenvalue weighted by molar-refractivity contribution is -0.128. The van der Waals surface area contributed by atoms with Crippen LogP contribution in [0.15, 0.2) is 60.9 Å². The van der Waals surface area contributed by atoms with Gasteiger partial charge in [0.1, 0.15) is 11.6 Å². The van der Waals surface area contributed by atoms with Crippen LogP contribution in [0.3, 0.4) is 0 Å². The van der Waals surface area contributed by atoms with Gasteiger partial charge in [-0.05, 0) is 180 Å². The second-order valence-corrected chi connectivity index (χ2v) is 17.0. The van der Waals surface area contributed by atoms with Gasteiger partial charge in [0.2, 0.25) is 11.8 Å². The quantitative estimate of drug-likeness (QED) is 0.171. The summed E-state index contributed by atoms with van der Waals surface area (Å²) in [5, 5.41) is 8.79. The SMILES string of the molecule is C[C@@H](NC(=O)C1CCCC(C[C@@H](NC(=O)C2CC2)C2CCC(c3ccnc4ccc(F)cc34)CC2)C1)C1CCC(c2ccnc3ccc(F)cc23)CC1. The summed E-state index contributed by atoms with van der Waals surface area (Å²) in [6.45, 7) is 2.17. The summed E-state index contributed by atoms with van der Waals surface area (Å²) >= 11 is 0. The fraction of sp³-hybridized carbons (Fsp3) is 0.556. The number of nitrogens with one attached hydrogen (secondary N) is 2. The average molecular weight is 721 g/mol. The minimum atomic E-state index is -0.227. The summed E-state index contributed by atoms with van der Waals surface area (Å²) in [7, 11) is 0. The minimum Gasteiger partial charge on any atom is -0.353 e. The molecule has 6 nitrogen and oxygen atoms in total. The number of amides is 2. The lowest BCUT2D eigenvalue weighted by Crippen LogP contribution is -2.45. The highest BCUT2D eigenvalue weighted by Gasteiger charge is 2.38. The zero-order valence-electron chi connectivity index (χ0n) is 31.0. The van der Waals surface area contributed by atoms with E-state index in [1.54, 1.807) is 24.3 Å². The minimum absolute atomic E-state index is 0.0153. The number of aromatic nitrogens is 2. The summed E-state index contributed by atoms with van der Waals surface area (Å²) < 4.78 is 28.3. The molecular weight excluding hydrogens is 667 g/mol. The summed E-state index contributed by atoms with van der Waals surface area (Å²) in [6.07, 6.45) is 18.8. The maximum atomic E-state index is 14.2. The van der Waals surface area contributed by atoms with Gasteiger partial charge in [-0.3, -0.25) is 19.6 Å². The molecule has 0 spiro atoms. The third kappa shape index (κ3) is 8.27. The Labute approximate surface area is 312 Å². The van der Waals surface area contributed by atoms with Crippen LogP contribution >= 0.6 is 0 Å². The van der Waals surface area contributed by atoms with Crippen LogP contribution in [0.2, 0.25) is 0 Å². The monoisotopic (exact) mass is 720 g/mol. The lowest BCUT2D eigenvalue weighted by atomic mass is 9.71. The zero-order valence-corrected chi connectivity index (χ0v) is 31.0. The first-order valence-electron chi connectivity index (χ1n) is 20.5. The number of hydrogen-bond acceptors (Lipinski definition) is 4. The van der Waals surface area contributed by atoms with Crippen molar-refractivity contribution >= 4 is 33.6 Å². The Hall–Kier alpha value is -3.94. The summed E-state index contributed by atoms with van der Waals surface area (Å²) in [5.74, 6) is 2.13. The van der Waals surface area contributed by atoms with Gasteiger partial charge in [0.05, 0.1) is 11.0 Å². The number of hydrogen-bond donors (Lipinski definition) is 2. The predicted octanol–water partition coefficient (Wildman–Crippen LogP) is 9.90. The zero-order chi connectivity index (χ0) is 36.5. The van der Waals surface area contributed by atoms with Crippen LogP contribution < -0.4 is 10.6 Å². The van der Waals surface area contributed by atoms with Gasteiger partial charge in [0.25, 0.3) is 0 Å². The van der Waals surface area contributed by atoms with Crippen molar-refractivity contribution in [2.75, 3.05) is 0 Å². The first kappa shape index (κ1) is 36.1. The summed E-state index contributed by atoms with van der Waals surface area (Å²) in [6, 6.07) is 14.1. The molecule has 2 aromatic carbocycles. The van der Waals surface area contributed by atoms with E-state index >= 15 is 0 Å². The van der Waals surface area contributed by atoms with Gasteiger partial charge in [-0.1, -0.05) is 12.8 Å². The van der Waals surface area contributed by atoms with E-state index < -0.39 is 0 Å². The predicted molar refractivity (Wildman–Crippen MR) is 205 cm³/mol. The van der Waals surface area contributed by atoms with E-state index in [0.717, 1.165) is 118 Å². The molecule has 53 heavy (non-hydrogen) atoms. The van der Waals surface area contributed by atoms with Crippen molar-refractivity contribution in [3.05, 3.63) is 83.7 Å². The Morgan fingerprint density at radius 1 is 0.660 bits per heavy atom. The van der Waals surface area contributed by atoms with Crippen molar-refractivity contribution in [3.8, 4) is 0 Å². The van der Waals surface area contributed by atoms with Crippen molar-refractivity contribution in [2.24, 2.45) is 29.6 Å². The topological polar surface area (TPSA) is 84.0 Å². The molecule has 4 aromatic rings. The van der Waals surface area contributed by atoms with Crippen LogP contribution in [-0.4, -0.2) is 33.9 Å². The normalized spacial score (nSPS) is 27.6. The second-order valence-electron chi connectivity index (χ2n) is 17.0. The molecule has 0 saturated heterocycles. The van der Waals surface area contributed by atoms with Gasteiger partial charge >= 0.3 is 0 Å². The van der Waals surface area contributed by atoms with Crippen LogP contribution in [-0.2, 0) is 9.59 Å². The largest absolute Gasteiger partial charge is 0.353 e. The number of rotatable bonds is 10. The molecule has 8 rings (SSSR count). The van der Waals surface area contributed by atoms with E-state index in [-0.39, 0.29) is 47.4 Å². The first-order chi connectivity index (χ1) is 25.8. The number of benzene rings is 2. The van der Waals surface area contributed by atoms with Crippen molar-refractivity contribution in [1.29, 1.82) is 0 Å². The average Bonchev–Trinajstić information content (AvgIpc) is 4.04. The molecule has 2 unspecified atom stereocenters. The Kier molecular flexibility index (Phi) is 10.8. The fourth-order valence-corrected chi connectivity index (χ4v) is 10.3. The highest BCUT2D eigenvalue weighted by molar-refractivity contribution is 5.84. The van der Waals surface area contributed by atoms with Crippen LogP contribution in [0, 0.1) is 41.2 Å². The van der Waals surface area contributed by atoms with Crippen molar-refractivity contribution in [2.45, 2.75) is 127 Å². The maximum Gasteiger partial charge on any atom is 0.223 e. The summed E-state index contributed by atoms with van der Waals surface area (Å²) in [4.78, 5) is 35.8. The van der Waals surface area contributed by atoms with Crippen molar-refractivity contribution in [3.63, 3.8) is 0 Å². The number of carbonyl (C=O) groups is 2. The molecule has 0 radical (unpaired) electrons. The number of fused-ring (bicyclic) bond motifs is 2. The van der Waals surface area contributed by atoms with E-state index in [2.05, 4.69) is 39.7 Å². The first-order valence-corrected chi connectivity index (χ1v) is 20.5. The fourth-order valence-electron chi connectivity index (χ4n) is 10.3. The van der Waals surface area contributed by atoms with Gasteiger partial charge in [-0.15, -0.1) is 0 Å². The summed E-state index contributed by atoms with van der Waals surface area (Å²) in [5.41, 5.74) is 4.06. The third-order valence-electron chi connectivity index (χ3n) is 13.6. The molecule has 2 aromatic heterocycles. The molecule has 2 N–H and O–H groups in total. The molecule has 0 bridgehead atoms. The molecule has 0 aliphatic heterocycles. The third-order valence-corrected chi connectivity index (χ3v) is 13.6. The molecule has 4 aliphatic carbocycles. The van der Waals surface area contributed by atoms with Crippen molar-refractivity contribution < 1.29 is 18.4 Å². The Bertz CT molecular complexity index is 1930. The molecular formula is C45H54F2N4O2. The molecule has 2 heterocycles. The van der Waals surface area contributed by atoms with Crippen LogP contribution in [0.4, 0.5) is 8.78 Å². The lowest BCUT2D eigenvalue weighted by Gasteiger charge is -2.38. The van der Waals surface area contributed by atoms with Crippen LogP contribution in [0.5, 0.6) is 0 Å². The van der Waals surface area contributed by atoms with E-state index in [9.17, 15) is 18.4 Å². The molecule has 8 heteroatoms. The number of carbonyl (C=O) groups excluding carboxylic acids is 2. The van der Waals surface area contributed by atoms with E-state index in [0.29, 0.717) is 29.6 Å². The Balaban J connectivity index is 0.857. The van der Waals surface area contributed by atoms with Crippen molar-refractivity contribution in [1.82, 2.24) is 20.6 Å². The molecule has 4 fully saturated rings. The van der Waals surface area contributed by atoms with Gasteiger partial charge in [-0.25, -0.2) is 8.78 Å². The maximum absolute atomic E-state index is 14.2. The van der Waals surface area contributed by atoms with E-state index in [1.807, 2.05) is 12.4 Å². The highest BCUT2D eigenvalue weighted by Crippen LogP contribution is 2.43. The molecule has 280 valence electrons. The Morgan fingerprint density at radius 3 is 1.77 bits per heavy atom. The van der Waals surface area contributed by atoms with Gasteiger partial charge < -0.3 is 10.6 Å². The molecule has 4 atom stereocenters. The number of halogens is 2. The van der Waals surface area contributed by atoms with Gasteiger partial charge in [-0.2, -0.15) is 0 Å². The highest BCUT2D eigenvalue weighted by atomic mass is 19.1. The Morgan fingerprint density at radius 2 is 1.21 bits per heavy atom. The molecule has 4 saturated carbocycles. The standard InChI is InChI=1S/C45H54F2N4O2/c1-27(29-5-7-30(8-6-29)37-19-21-48-41-17-15-35(46)25-39(37)41)50-45(53)34-4-2-3-28(23-34)24-43(51-44(52)33-13-14-33)32-11-9-31(10-12-32)38-20-22-49-42-18-16-36(47)26-40(38)42/h15-22,25-34,43H,2-14,23-24H2,1H3,(H,50,53)(H,51,52)/t27-,28?,29?,30?,31?,32?,34?,43-/m1/s1.